The third-order valence-electron chi connectivity index (χ3n) is 3.80. The Hall–Kier alpha value is -2.28. The van der Waals surface area contributed by atoms with Gasteiger partial charge in [0.25, 0.3) is 0 Å². The summed E-state index contributed by atoms with van der Waals surface area (Å²) in [6.45, 7) is 0.156. The van der Waals surface area contributed by atoms with E-state index >= 15 is 0 Å². The minimum Gasteiger partial charge on any atom is -0.444 e. The van der Waals surface area contributed by atoms with Crippen LogP contribution in [0, 0.1) is 0 Å². The molecule has 5 nitrogen and oxygen atoms in total. The van der Waals surface area contributed by atoms with Crippen molar-refractivity contribution in [1.82, 2.24) is 10.3 Å². The van der Waals surface area contributed by atoms with Gasteiger partial charge in [0, 0.05) is 22.9 Å². The predicted molar refractivity (Wildman–Crippen MR) is 108 cm³/mol. The van der Waals surface area contributed by atoms with Crippen molar-refractivity contribution in [3.8, 4) is 11.5 Å². The molecule has 140 valence electrons. The van der Waals surface area contributed by atoms with Crippen LogP contribution in [0.5, 0.6) is 0 Å². The lowest BCUT2D eigenvalue weighted by Gasteiger charge is -2.12. The highest BCUT2D eigenvalue weighted by molar-refractivity contribution is 7.99. The molecule has 0 aliphatic rings. The van der Waals surface area contributed by atoms with Crippen LogP contribution >= 0.6 is 23.4 Å². The van der Waals surface area contributed by atoms with Gasteiger partial charge in [0.2, 0.25) is 11.8 Å². The minimum atomic E-state index is -0.764. The Morgan fingerprint density at radius 1 is 1.19 bits per heavy atom. The highest BCUT2D eigenvalue weighted by Crippen LogP contribution is 2.20. The van der Waals surface area contributed by atoms with Crippen molar-refractivity contribution in [3.63, 3.8) is 0 Å². The molecule has 3 rings (SSSR count). The second-order valence-electron chi connectivity index (χ2n) is 5.87. The molecular formula is C20H19ClN2O3S. The summed E-state index contributed by atoms with van der Waals surface area (Å²) in [7, 11) is 0. The van der Waals surface area contributed by atoms with Crippen molar-refractivity contribution in [2.45, 2.75) is 11.9 Å². The number of hydrogen-bond acceptors (Lipinski definition) is 5. The smallest absolute Gasteiger partial charge is 0.230 e. The normalized spacial score (nSPS) is 11.9. The largest absolute Gasteiger partial charge is 0.444 e. The second-order valence-corrected chi connectivity index (χ2v) is 7.30. The number of carbonyl (C=O) groups excluding carboxylic acids is 1. The molecule has 0 aliphatic heterocycles. The number of thioether (sulfide) groups is 1. The van der Waals surface area contributed by atoms with Crippen molar-refractivity contribution in [1.29, 1.82) is 0 Å². The number of rotatable bonds is 8. The fourth-order valence-electron chi connectivity index (χ4n) is 2.40. The molecule has 0 bridgehead atoms. The van der Waals surface area contributed by atoms with E-state index in [1.165, 1.54) is 11.8 Å². The van der Waals surface area contributed by atoms with Gasteiger partial charge in [0.05, 0.1) is 17.6 Å². The van der Waals surface area contributed by atoms with Gasteiger partial charge in [0.1, 0.15) is 6.26 Å². The maximum absolute atomic E-state index is 11.9. The Kier molecular flexibility index (Phi) is 6.92. The minimum absolute atomic E-state index is 0.139. The van der Waals surface area contributed by atoms with E-state index in [-0.39, 0.29) is 18.2 Å². The maximum Gasteiger partial charge on any atom is 0.230 e. The van der Waals surface area contributed by atoms with E-state index in [9.17, 15) is 9.90 Å². The number of oxazole rings is 1. The van der Waals surface area contributed by atoms with E-state index < -0.39 is 6.10 Å². The number of aliphatic hydroxyl groups excluding tert-OH is 1. The van der Waals surface area contributed by atoms with Gasteiger partial charge < -0.3 is 14.8 Å². The lowest BCUT2D eigenvalue weighted by atomic mass is 10.1. The molecule has 1 atom stereocenters. The van der Waals surface area contributed by atoms with Crippen molar-refractivity contribution in [3.05, 3.63) is 77.1 Å². The Balaban J connectivity index is 1.39. The molecule has 7 heteroatoms. The first-order valence-electron chi connectivity index (χ1n) is 8.39. The molecule has 1 unspecified atom stereocenters. The summed E-state index contributed by atoms with van der Waals surface area (Å²) in [5, 5.41) is 13.4. The van der Waals surface area contributed by atoms with E-state index in [1.54, 1.807) is 30.5 Å². The topological polar surface area (TPSA) is 75.4 Å². The van der Waals surface area contributed by atoms with Crippen molar-refractivity contribution in [2.24, 2.45) is 0 Å². The third-order valence-corrected chi connectivity index (χ3v) is 5.02. The monoisotopic (exact) mass is 402 g/mol. The molecule has 2 N–H and O–H groups in total. The fourth-order valence-corrected chi connectivity index (χ4v) is 3.26. The molecule has 0 saturated heterocycles. The van der Waals surface area contributed by atoms with E-state index in [4.69, 9.17) is 16.0 Å². The molecule has 27 heavy (non-hydrogen) atoms. The van der Waals surface area contributed by atoms with Crippen LogP contribution in [0.4, 0.5) is 0 Å². The lowest BCUT2D eigenvalue weighted by molar-refractivity contribution is -0.119. The zero-order valence-corrected chi connectivity index (χ0v) is 16.0. The second kappa shape index (κ2) is 9.60. The summed E-state index contributed by atoms with van der Waals surface area (Å²) < 4.78 is 5.48. The van der Waals surface area contributed by atoms with Crippen LogP contribution in [-0.2, 0) is 10.5 Å². The molecule has 3 aromatic rings. The van der Waals surface area contributed by atoms with E-state index in [1.807, 2.05) is 30.3 Å². The van der Waals surface area contributed by atoms with Crippen molar-refractivity contribution in [2.75, 3.05) is 12.3 Å². The summed E-state index contributed by atoms with van der Waals surface area (Å²) in [4.78, 5) is 16.4. The first-order chi connectivity index (χ1) is 13.1. The summed E-state index contributed by atoms with van der Waals surface area (Å²) in [5.74, 6) is 1.28. The molecule has 2 aromatic carbocycles. The molecule has 1 aromatic heterocycles. The van der Waals surface area contributed by atoms with Crippen LogP contribution in [-0.4, -0.2) is 28.3 Å². The number of nitrogens with zero attached hydrogens (tertiary/aromatic N) is 1. The van der Waals surface area contributed by atoms with Gasteiger partial charge in [-0.15, -0.1) is 11.8 Å². The standard InChI is InChI=1S/C20H19ClN2O3S/c21-16-8-6-14(7-9-16)18(24)10-22-19(25)13-27-12-17-11-26-20(23-17)15-4-2-1-3-5-15/h1-9,11,18,24H,10,12-13H2,(H,22,25). The van der Waals surface area contributed by atoms with E-state index in [0.717, 1.165) is 11.3 Å². The zero-order valence-electron chi connectivity index (χ0n) is 14.5. The fraction of sp³-hybridized carbons (Fsp3) is 0.200. The molecule has 0 saturated carbocycles. The van der Waals surface area contributed by atoms with Gasteiger partial charge in [-0.25, -0.2) is 4.98 Å². The number of hydrogen-bond donors (Lipinski definition) is 2. The number of benzene rings is 2. The highest BCUT2D eigenvalue weighted by Gasteiger charge is 2.11. The van der Waals surface area contributed by atoms with Crippen LogP contribution in [0.25, 0.3) is 11.5 Å². The summed E-state index contributed by atoms with van der Waals surface area (Å²) in [5.41, 5.74) is 2.42. The molecular weight excluding hydrogens is 384 g/mol. The van der Waals surface area contributed by atoms with Crippen LogP contribution < -0.4 is 5.32 Å². The molecule has 0 fully saturated rings. The first kappa shape index (κ1) is 19.5. The number of aromatic nitrogens is 1. The van der Waals surface area contributed by atoms with E-state index in [2.05, 4.69) is 10.3 Å². The van der Waals surface area contributed by atoms with Gasteiger partial charge in [-0.2, -0.15) is 0 Å². The highest BCUT2D eigenvalue weighted by atomic mass is 35.5. The molecule has 0 aliphatic carbocycles. The summed E-state index contributed by atoms with van der Waals surface area (Å²) >= 11 is 7.26. The number of amides is 1. The first-order valence-corrected chi connectivity index (χ1v) is 9.93. The number of nitrogens with one attached hydrogen (secondary N) is 1. The number of halogens is 1. The average molecular weight is 403 g/mol. The van der Waals surface area contributed by atoms with Gasteiger partial charge in [-0.1, -0.05) is 41.9 Å². The van der Waals surface area contributed by atoms with Gasteiger partial charge >= 0.3 is 0 Å². The van der Waals surface area contributed by atoms with Crippen LogP contribution in [0.15, 0.2) is 65.3 Å². The average Bonchev–Trinajstić information content (AvgIpc) is 3.16. The Bertz CT molecular complexity index is 868. The SMILES string of the molecule is O=C(CSCc1coc(-c2ccccc2)n1)NCC(O)c1ccc(Cl)cc1. The molecule has 0 spiro atoms. The Morgan fingerprint density at radius 2 is 1.93 bits per heavy atom. The summed E-state index contributed by atoms with van der Waals surface area (Å²) in [6, 6.07) is 16.5. The number of carbonyl (C=O) groups is 1. The molecule has 1 amide bonds. The van der Waals surface area contributed by atoms with Crippen LogP contribution in [0.2, 0.25) is 5.02 Å². The summed E-state index contributed by atoms with van der Waals surface area (Å²) in [6.07, 6.45) is 0.845. The van der Waals surface area contributed by atoms with E-state index in [0.29, 0.717) is 22.2 Å². The Morgan fingerprint density at radius 3 is 2.67 bits per heavy atom. The van der Waals surface area contributed by atoms with Crippen molar-refractivity contribution < 1.29 is 14.3 Å². The van der Waals surface area contributed by atoms with Gasteiger partial charge in [-0.05, 0) is 29.8 Å². The number of aliphatic hydroxyl groups is 1. The van der Waals surface area contributed by atoms with Crippen LogP contribution in [0.3, 0.4) is 0 Å². The maximum atomic E-state index is 11.9. The van der Waals surface area contributed by atoms with Crippen LogP contribution in [0.1, 0.15) is 17.4 Å². The van der Waals surface area contributed by atoms with Gasteiger partial charge in [-0.3, -0.25) is 4.79 Å². The molecule has 1 heterocycles. The molecule has 0 radical (unpaired) electrons. The quantitative estimate of drug-likeness (QED) is 0.593. The Labute approximate surface area is 166 Å². The predicted octanol–water partition coefficient (Wildman–Crippen LogP) is 4.08. The van der Waals surface area contributed by atoms with Crippen molar-refractivity contribution >= 4 is 29.3 Å². The zero-order chi connectivity index (χ0) is 19.1. The van der Waals surface area contributed by atoms with Gasteiger partial charge in [0.15, 0.2) is 0 Å². The lowest BCUT2D eigenvalue weighted by Crippen LogP contribution is -2.29. The third kappa shape index (κ3) is 5.85.